The molecule has 0 bridgehead atoms. The highest BCUT2D eigenvalue weighted by Crippen LogP contribution is 2.30. The van der Waals surface area contributed by atoms with Gasteiger partial charge in [-0.25, -0.2) is 4.68 Å². The van der Waals surface area contributed by atoms with Crippen LogP contribution in [0.5, 0.6) is 5.75 Å². The number of nitrogens with one attached hydrogen (secondary N) is 1. The lowest BCUT2D eigenvalue weighted by Gasteiger charge is -2.34. The molecule has 184 valence electrons. The summed E-state index contributed by atoms with van der Waals surface area (Å²) in [5.74, 6) is 0.135. The Labute approximate surface area is 200 Å². The van der Waals surface area contributed by atoms with Gasteiger partial charge in [-0.15, -0.1) is 0 Å². The van der Waals surface area contributed by atoms with E-state index in [0.717, 1.165) is 23.6 Å². The fourth-order valence-corrected chi connectivity index (χ4v) is 4.11. The van der Waals surface area contributed by atoms with Crippen molar-refractivity contribution in [1.82, 2.24) is 15.1 Å². The second kappa shape index (κ2) is 9.81. The smallest absolute Gasteiger partial charge is 0.416 e. The normalized spacial score (nSPS) is 14.6. The lowest BCUT2D eigenvalue weighted by Crippen LogP contribution is -2.46. The van der Waals surface area contributed by atoms with Crippen LogP contribution in [0.4, 0.5) is 18.9 Å². The number of amides is 1. The lowest BCUT2D eigenvalue weighted by molar-refractivity contribution is -0.137. The second-order valence-electron chi connectivity index (χ2n) is 8.39. The molecule has 0 spiro atoms. The summed E-state index contributed by atoms with van der Waals surface area (Å²) < 4.78 is 45.8. The summed E-state index contributed by atoms with van der Waals surface area (Å²) in [7, 11) is 1.61. The number of methoxy groups -OCH3 is 1. The zero-order valence-corrected chi connectivity index (χ0v) is 19.3. The predicted molar refractivity (Wildman–Crippen MR) is 125 cm³/mol. The molecule has 10 heteroatoms. The summed E-state index contributed by atoms with van der Waals surface area (Å²) in [6, 6.07) is 13.4. The number of aromatic nitrogens is 2. The van der Waals surface area contributed by atoms with Gasteiger partial charge >= 0.3 is 6.18 Å². The number of rotatable bonds is 5. The number of anilines is 1. The van der Waals surface area contributed by atoms with Crippen LogP contribution in [-0.2, 0) is 6.18 Å². The van der Waals surface area contributed by atoms with Gasteiger partial charge in [0.1, 0.15) is 5.75 Å². The van der Waals surface area contributed by atoms with Crippen molar-refractivity contribution in [1.29, 1.82) is 0 Å². The number of carbonyl (C=O) groups is 1. The number of halogens is 3. The predicted octanol–water partition coefficient (Wildman–Crippen LogP) is 3.97. The van der Waals surface area contributed by atoms with Gasteiger partial charge in [-0.1, -0.05) is 6.07 Å². The molecule has 0 atom stereocenters. The van der Waals surface area contributed by atoms with Crippen molar-refractivity contribution in [2.45, 2.75) is 32.0 Å². The van der Waals surface area contributed by atoms with Gasteiger partial charge in [-0.3, -0.25) is 9.59 Å². The Morgan fingerprint density at radius 3 is 2.37 bits per heavy atom. The Morgan fingerprint density at radius 2 is 1.74 bits per heavy atom. The van der Waals surface area contributed by atoms with E-state index in [1.807, 2.05) is 24.3 Å². The SMILES string of the molecule is COc1ccc(N2CCC(NC(=O)c3nn(-c4cccc(C(F)(F)F)c4)c(C)cc3=O)CC2)cc1. The molecule has 2 heterocycles. The molecule has 4 rings (SSSR count). The van der Waals surface area contributed by atoms with E-state index in [1.54, 1.807) is 14.0 Å². The second-order valence-corrected chi connectivity index (χ2v) is 8.39. The molecule has 1 aliphatic heterocycles. The van der Waals surface area contributed by atoms with Crippen LogP contribution in [-0.4, -0.2) is 41.9 Å². The molecule has 1 aliphatic rings. The van der Waals surface area contributed by atoms with Crippen LogP contribution in [0.25, 0.3) is 5.69 Å². The average Bonchev–Trinajstić information content (AvgIpc) is 2.84. The molecule has 0 radical (unpaired) electrons. The van der Waals surface area contributed by atoms with Crippen LogP contribution >= 0.6 is 0 Å². The number of piperidine rings is 1. The summed E-state index contributed by atoms with van der Waals surface area (Å²) in [6.45, 7) is 2.98. The minimum Gasteiger partial charge on any atom is -0.497 e. The fourth-order valence-electron chi connectivity index (χ4n) is 4.11. The van der Waals surface area contributed by atoms with Crippen LogP contribution in [0.2, 0.25) is 0 Å². The number of hydrogen-bond donors (Lipinski definition) is 1. The fraction of sp³-hybridized carbons (Fsp3) is 0.320. The van der Waals surface area contributed by atoms with Crippen molar-refractivity contribution in [3.63, 3.8) is 0 Å². The third-order valence-electron chi connectivity index (χ3n) is 6.01. The topological polar surface area (TPSA) is 76.5 Å². The van der Waals surface area contributed by atoms with Gasteiger partial charge in [-0.05, 0) is 62.2 Å². The largest absolute Gasteiger partial charge is 0.497 e. The summed E-state index contributed by atoms with van der Waals surface area (Å²) in [5, 5.41) is 6.97. The van der Waals surface area contributed by atoms with Gasteiger partial charge in [-0.2, -0.15) is 18.3 Å². The van der Waals surface area contributed by atoms with E-state index in [9.17, 15) is 22.8 Å². The number of nitrogens with zero attached hydrogens (tertiary/aromatic N) is 3. The molecule has 0 unspecified atom stereocenters. The third-order valence-corrected chi connectivity index (χ3v) is 6.01. The van der Waals surface area contributed by atoms with Crippen molar-refractivity contribution in [2.75, 3.05) is 25.1 Å². The summed E-state index contributed by atoms with van der Waals surface area (Å²) in [4.78, 5) is 27.6. The number of hydrogen-bond acceptors (Lipinski definition) is 5. The summed E-state index contributed by atoms with van der Waals surface area (Å²) in [5.41, 5.74) is -0.299. The van der Waals surface area contributed by atoms with E-state index in [4.69, 9.17) is 4.74 Å². The molecule has 0 saturated carbocycles. The van der Waals surface area contributed by atoms with Gasteiger partial charge < -0.3 is 15.0 Å². The Morgan fingerprint density at radius 1 is 1.06 bits per heavy atom. The van der Waals surface area contributed by atoms with Crippen LogP contribution in [0.1, 0.15) is 34.6 Å². The Hall–Kier alpha value is -3.82. The van der Waals surface area contributed by atoms with Crippen LogP contribution in [0.3, 0.4) is 0 Å². The Kier molecular flexibility index (Phi) is 6.81. The van der Waals surface area contributed by atoms with Crippen LogP contribution in [0.15, 0.2) is 59.4 Å². The molecule has 2 aromatic carbocycles. The summed E-state index contributed by atoms with van der Waals surface area (Å²) in [6.07, 6.45) is -3.18. The zero-order chi connectivity index (χ0) is 25.2. The minimum absolute atomic E-state index is 0.110. The highest BCUT2D eigenvalue weighted by Gasteiger charge is 2.31. The van der Waals surface area contributed by atoms with Gasteiger partial charge in [0.05, 0.1) is 18.4 Å². The highest BCUT2D eigenvalue weighted by atomic mass is 19.4. The Bertz CT molecular complexity index is 1260. The number of alkyl halides is 3. The van der Waals surface area contributed by atoms with E-state index >= 15 is 0 Å². The number of aryl methyl sites for hydroxylation is 1. The molecule has 1 saturated heterocycles. The van der Waals surface area contributed by atoms with E-state index in [-0.39, 0.29) is 17.4 Å². The maximum Gasteiger partial charge on any atom is 0.416 e. The lowest BCUT2D eigenvalue weighted by atomic mass is 10.0. The third kappa shape index (κ3) is 5.47. The monoisotopic (exact) mass is 486 g/mol. The zero-order valence-electron chi connectivity index (χ0n) is 19.3. The highest BCUT2D eigenvalue weighted by molar-refractivity contribution is 5.92. The van der Waals surface area contributed by atoms with Gasteiger partial charge in [0.15, 0.2) is 5.69 Å². The first kappa shape index (κ1) is 24.3. The average molecular weight is 486 g/mol. The minimum atomic E-state index is -4.52. The number of carbonyl (C=O) groups excluding carboxylic acids is 1. The molecular formula is C25H25F3N4O3. The van der Waals surface area contributed by atoms with Crippen LogP contribution < -0.4 is 20.4 Å². The first-order chi connectivity index (χ1) is 16.7. The van der Waals surface area contributed by atoms with Gasteiger partial charge in [0, 0.05) is 36.6 Å². The van der Waals surface area contributed by atoms with Crippen molar-refractivity contribution in [3.8, 4) is 11.4 Å². The first-order valence-electron chi connectivity index (χ1n) is 11.1. The standard InChI is InChI=1S/C25H25F3N4O3/c1-16-14-22(33)23(30-32(16)20-5-3-4-17(15-20)25(26,27)28)24(34)29-18-10-12-31(13-11-18)19-6-8-21(35-2)9-7-19/h3-9,14-15,18H,10-13H2,1-2H3,(H,29,34). The molecule has 0 aliphatic carbocycles. The number of ether oxygens (including phenoxy) is 1. The summed E-state index contributed by atoms with van der Waals surface area (Å²) >= 11 is 0. The molecule has 1 N–H and O–H groups in total. The maximum absolute atomic E-state index is 13.1. The molecule has 1 fully saturated rings. The van der Waals surface area contributed by atoms with E-state index in [1.165, 1.54) is 22.9 Å². The molecule has 7 nitrogen and oxygen atoms in total. The molecule has 1 amide bonds. The van der Waals surface area contributed by atoms with Crippen LogP contribution in [0, 0.1) is 6.92 Å². The van der Waals surface area contributed by atoms with Crippen molar-refractivity contribution in [3.05, 3.63) is 81.8 Å². The molecule has 3 aromatic rings. The number of benzene rings is 2. The maximum atomic E-state index is 13.1. The van der Waals surface area contributed by atoms with Crippen molar-refractivity contribution >= 4 is 11.6 Å². The van der Waals surface area contributed by atoms with Gasteiger partial charge in [0.25, 0.3) is 5.91 Å². The quantitative estimate of drug-likeness (QED) is 0.591. The molecule has 35 heavy (non-hydrogen) atoms. The van der Waals surface area contributed by atoms with E-state index < -0.39 is 23.1 Å². The van der Waals surface area contributed by atoms with E-state index in [0.29, 0.717) is 31.6 Å². The Balaban J connectivity index is 1.47. The van der Waals surface area contributed by atoms with E-state index in [2.05, 4.69) is 15.3 Å². The van der Waals surface area contributed by atoms with Gasteiger partial charge in [0.2, 0.25) is 5.43 Å². The molecular weight excluding hydrogens is 461 g/mol. The molecule has 1 aromatic heterocycles. The van der Waals surface area contributed by atoms with Crippen molar-refractivity contribution in [2.24, 2.45) is 0 Å². The first-order valence-corrected chi connectivity index (χ1v) is 11.1. The van der Waals surface area contributed by atoms with Crippen molar-refractivity contribution < 1.29 is 22.7 Å².